The standard InChI is InChI=1S/C18H25F3N2O3S/c19-18(20,21)15-5-4-6-16(13-15)27(24,25)22-14-17(7-2-1-3-8-17)23-9-11-26-12-10-23/h4-6,13,22H,1-3,7-12,14H2. The molecule has 152 valence electrons. The van der Waals surface area contributed by atoms with E-state index in [2.05, 4.69) is 9.62 Å². The van der Waals surface area contributed by atoms with Crippen molar-refractivity contribution in [3.63, 3.8) is 0 Å². The molecule has 0 bridgehead atoms. The summed E-state index contributed by atoms with van der Waals surface area (Å²) in [5.41, 5.74) is -1.26. The molecule has 9 heteroatoms. The molecule has 0 radical (unpaired) electrons. The summed E-state index contributed by atoms with van der Waals surface area (Å²) >= 11 is 0. The van der Waals surface area contributed by atoms with Gasteiger partial charge in [0, 0.05) is 25.2 Å². The Balaban J connectivity index is 1.78. The largest absolute Gasteiger partial charge is 0.416 e. The molecule has 1 N–H and O–H groups in total. The Kier molecular flexibility index (Phi) is 6.14. The highest BCUT2D eigenvalue weighted by molar-refractivity contribution is 7.89. The molecular weight excluding hydrogens is 381 g/mol. The summed E-state index contributed by atoms with van der Waals surface area (Å²) in [4.78, 5) is 1.93. The van der Waals surface area contributed by atoms with Crippen molar-refractivity contribution in [1.29, 1.82) is 0 Å². The fourth-order valence-corrected chi connectivity index (χ4v) is 5.17. The number of halogens is 3. The van der Waals surface area contributed by atoms with Crippen LogP contribution in [0.1, 0.15) is 37.7 Å². The first-order valence-electron chi connectivity index (χ1n) is 9.23. The second-order valence-corrected chi connectivity index (χ2v) is 9.00. The topological polar surface area (TPSA) is 58.6 Å². The third-order valence-corrected chi connectivity index (χ3v) is 6.93. The number of sulfonamides is 1. The van der Waals surface area contributed by atoms with Crippen molar-refractivity contribution in [2.45, 2.75) is 48.7 Å². The molecule has 2 fully saturated rings. The summed E-state index contributed by atoms with van der Waals surface area (Å²) in [6.45, 7) is 2.91. The molecule has 27 heavy (non-hydrogen) atoms. The molecule has 1 aromatic rings. The predicted octanol–water partition coefficient (Wildman–Crippen LogP) is 3.02. The summed E-state index contributed by atoms with van der Waals surface area (Å²) in [7, 11) is -4.03. The second-order valence-electron chi connectivity index (χ2n) is 7.23. The fraction of sp³-hybridized carbons (Fsp3) is 0.667. The van der Waals surface area contributed by atoms with Gasteiger partial charge in [0.15, 0.2) is 0 Å². The highest BCUT2D eigenvalue weighted by atomic mass is 32.2. The van der Waals surface area contributed by atoms with Crippen molar-refractivity contribution in [2.75, 3.05) is 32.8 Å². The molecule has 0 atom stereocenters. The quantitative estimate of drug-likeness (QED) is 0.817. The van der Waals surface area contributed by atoms with Crippen LogP contribution in [0, 0.1) is 0 Å². The van der Waals surface area contributed by atoms with Crippen molar-refractivity contribution in [1.82, 2.24) is 9.62 Å². The van der Waals surface area contributed by atoms with Crippen molar-refractivity contribution < 1.29 is 26.3 Å². The van der Waals surface area contributed by atoms with Crippen molar-refractivity contribution in [3.05, 3.63) is 29.8 Å². The molecule has 1 heterocycles. The molecule has 1 aromatic carbocycles. The van der Waals surface area contributed by atoms with Gasteiger partial charge in [-0.25, -0.2) is 13.1 Å². The van der Waals surface area contributed by atoms with Crippen molar-refractivity contribution >= 4 is 10.0 Å². The fourth-order valence-electron chi connectivity index (χ4n) is 4.00. The van der Waals surface area contributed by atoms with Crippen LogP contribution in [-0.2, 0) is 20.9 Å². The number of nitrogens with one attached hydrogen (secondary N) is 1. The molecule has 5 nitrogen and oxygen atoms in total. The molecule has 2 aliphatic rings. The van der Waals surface area contributed by atoms with Gasteiger partial charge in [-0.3, -0.25) is 4.90 Å². The van der Waals surface area contributed by atoms with Gasteiger partial charge < -0.3 is 4.74 Å². The van der Waals surface area contributed by atoms with Gasteiger partial charge in [-0.05, 0) is 31.0 Å². The average molecular weight is 406 g/mol. The van der Waals surface area contributed by atoms with E-state index >= 15 is 0 Å². The molecule has 1 saturated carbocycles. The minimum atomic E-state index is -4.58. The number of nitrogens with zero attached hydrogens (tertiary/aromatic N) is 1. The molecule has 0 amide bonds. The highest BCUT2D eigenvalue weighted by Gasteiger charge is 2.39. The molecule has 0 aromatic heterocycles. The van der Waals surface area contributed by atoms with Crippen LogP contribution < -0.4 is 4.72 Å². The van der Waals surface area contributed by atoms with E-state index in [0.29, 0.717) is 19.3 Å². The van der Waals surface area contributed by atoms with Crippen LogP contribution in [0.25, 0.3) is 0 Å². The molecule has 1 aliphatic carbocycles. The first-order valence-corrected chi connectivity index (χ1v) is 10.7. The van der Waals surface area contributed by atoms with Crippen molar-refractivity contribution in [3.8, 4) is 0 Å². The Labute approximate surface area is 157 Å². The summed E-state index contributed by atoms with van der Waals surface area (Å²) in [5.74, 6) is 0. The van der Waals surface area contributed by atoms with Gasteiger partial charge in [-0.15, -0.1) is 0 Å². The van der Waals surface area contributed by atoms with Gasteiger partial charge in [0.25, 0.3) is 0 Å². The summed E-state index contributed by atoms with van der Waals surface area (Å²) in [5, 5.41) is 0. The predicted molar refractivity (Wildman–Crippen MR) is 94.8 cm³/mol. The van der Waals surface area contributed by atoms with Gasteiger partial charge >= 0.3 is 6.18 Å². The zero-order valence-corrected chi connectivity index (χ0v) is 15.9. The molecule has 1 saturated heterocycles. The lowest BCUT2D eigenvalue weighted by molar-refractivity contribution is -0.137. The number of hydrogen-bond donors (Lipinski definition) is 1. The van der Waals surface area contributed by atoms with E-state index in [1.807, 2.05) is 0 Å². The first-order chi connectivity index (χ1) is 12.7. The van der Waals surface area contributed by atoms with E-state index < -0.39 is 21.8 Å². The Morgan fingerprint density at radius 1 is 1.11 bits per heavy atom. The van der Waals surface area contributed by atoms with Crippen LogP contribution in [0.4, 0.5) is 13.2 Å². The number of hydrogen-bond acceptors (Lipinski definition) is 4. The lowest BCUT2D eigenvalue weighted by atomic mass is 9.80. The number of benzene rings is 1. The molecular formula is C18H25F3N2O3S. The third kappa shape index (κ3) is 4.82. The minimum Gasteiger partial charge on any atom is -0.379 e. The van der Waals surface area contributed by atoms with Crippen molar-refractivity contribution in [2.24, 2.45) is 0 Å². The van der Waals surface area contributed by atoms with Gasteiger partial charge in [0.1, 0.15) is 0 Å². The normalized spacial score (nSPS) is 21.9. The van der Waals surface area contributed by atoms with Gasteiger partial charge in [-0.2, -0.15) is 13.2 Å². The van der Waals surface area contributed by atoms with E-state index in [9.17, 15) is 21.6 Å². The van der Waals surface area contributed by atoms with E-state index in [1.54, 1.807) is 0 Å². The van der Waals surface area contributed by atoms with Gasteiger partial charge in [0.05, 0.1) is 23.7 Å². The van der Waals surface area contributed by atoms with Gasteiger partial charge in [-0.1, -0.05) is 25.3 Å². The number of ether oxygens (including phenoxy) is 1. The van der Waals surface area contributed by atoms with E-state index in [-0.39, 0.29) is 17.0 Å². The Morgan fingerprint density at radius 3 is 2.41 bits per heavy atom. The summed E-state index contributed by atoms with van der Waals surface area (Å²) in [6, 6.07) is 3.87. The maximum Gasteiger partial charge on any atom is 0.416 e. The Morgan fingerprint density at radius 2 is 1.78 bits per heavy atom. The highest BCUT2D eigenvalue weighted by Crippen LogP contribution is 2.34. The minimum absolute atomic E-state index is 0.200. The number of morpholine rings is 1. The Hall–Kier alpha value is -1.16. The number of rotatable bonds is 5. The second kappa shape index (κ2) is 8.06. The maximum absolute atomic E-state index is 12.9. The third-order valence-electron chi connectivity index (χ3n) is 5.53. The zero-order chi connectivity index (χ0) is 19.5. The summed E-state index contributed by atoms with van der Waals surface area (Å²) in [6.07, 6.45) is 0.317. The average Bonchev–Trinajstić information content (AvgIpc) is 2.67. The van der Waals surface area contributed by atoms with E-state index in [4.69, 9.17) is 4.74 Å². The molecule has 3 rings (SSSR count). The monoisotopic (exact) mass is 406 g/mol. The van der Waals surface area contributed by atoms with Crippen LogP contribution in [-0.4, -0.2) is 51.7 Å². The first kappa shape index (κ1) is 20.6. The SMILES string of the molecule is O=S(=O)(NCC1(N2CCOCC2)CCCCC1)c1cccc(C(F)(F)F)c1. The van der Waals surface area contributed by atoms with Crippen LogP contribution in [0.3, 0.4) is 0 Å². The van der Waals surface area contributed by atoms with Crippen LogP contribution in [0.5, 0.6) is 0 Å². The maximum atomic E-state index is 12.9. The smallest absolute Gasteiger partial charge is 0.379 e. The summed E-state index contributed by atoms with van der Waals surface area (Å²) < 4.78 is 72.0. The van der Waals surface area contributed by atoms with Crippen LogP contribution in [0.15, 0.2) is 29.2 Å². The Bertz CT molecular complexity index is 740. The zero-order valence-electron chi connectivity index (χ0n) is 15.1. The lowest BCUT2D eigenvalue weighted by Gasteiger charge is -2.48. The molecule has 0 spiro atoms. The molecule has 0 unspecified atom stereocenters. The molecule has 1 aliphatic heterocycles. The van der Waals surface area contributed by atoms with Crippen LogP contribution >= 0.6 is 0 Å². The lowest BCUT2D eigenvalue weighted by Crippen LogP contribution is -2.59. The van der Waals surface area contributed by atoms with Gasteiger partial charge in [0.2, 0.25) is 10.0 Å². The number of alkyl halides is 3. The van der Waals surface area contributed by atoms with Crippen LogP contribution in [0.2, 0.25) is 0 Å². The van der Waals surface area contributed by atoms with E-state index in [1.165, 1.54) is 6.07 Å². The van der Waals surface area contributed by atoms with E-state index in [0.717, 1.165) is 57.3 Å².